The summed E-state index contributed by atoms with van der Waals surface area (Å²) in [6.45, 7) is 3.64. The number of piperazine rings is 1. The highest BCUT2D eigenvalue weighted by molar-refractivity contribution is 6.33. The van der Waals surface area contributed by atoms with E-state index in [0.29, 0.717) is 25.0 Å². The Bertz CT molecular complexity index is 1100. The first-order valence-electron chi connectivity index (χ1n) is 9.50. The van der Waals surface area contributed by atoms with Crippen LogP contribution in [0.3, 0.4) is 0 Å². The van der Waals surface area contributed by atoms with Gasteiger partial charge in [-0.25, -0.2) is 4.98 Å². The molecule has 0 aromatic carbocycles. The quantitative estimate of drug-likeness (QED) is 0.608. The third kappa shape index (κ3) is 4.70. The van der Waals surface area contributed by atoms with E-state index < -0.39 is 17.3 Å². The molecule has 1 aliphatic rings. The van der Waals surface area contributed by atoms with Crippen molar-refractivity contribution in [2.75, 3.05) is 31.1 Å². The van der Waals surface area contributed by atoms with Crippen molar-refractivity contribution >= 4 is 17.3 Å². The number of nitrogens with zero attached hydrogens (tertiary/aromatic N) is 6. The van der Waals surface area contributed by atoms with Gasteiger partial charge in [0.05, 0.1) is 17.4 Å². The summed E-state index contributed by atoms with van der Waals surface area (Å²) in [5.41, 5.74) is 0.0820. The number of aromatic nitrogens is 4. The number of pyridine rings is 2. The first kappa shape index (κ1) is 21.3. The molecule has 3 aromatic heterocycles. The van der Waals surface area contributed by atoms with Gasteiger partial charge in [0.2, 0.25) is 0 Å². The number of hydrogen-bond donors (Lipinski definition) is 0. The Hall–Kier alpha value is -2.98. The van der Waals surface area contributed by atoms with E-state index in [-0.39, 0.29) is 10.8 Å². The van der Waals surface area contributed by atoms with E-state index in [2.05, 4.69) is 20.0 Å². The molecule has 1 aliphatic heterocycles. The standard InChI is InChI=1S/C20H18ClF3N6O/c21-18-16(29-8-6-28(7-9-29)13-14-2-1-5-25-10-14)12-27-30(19(18)31)17-4-3-15(11-26-17)20(22,23)24/h1-5,10-12H,6-9,13H2. The first-order chi connectivity index (χ1) is 14.8. The second-order valence-electron chi connectivity index (χ2n) is 7.09. The van der Waals surface area contributed by atoms with E-state index in [0.717, 1.165) is 42.0 Å². The SMILES string of the molecule is O=c1c(Cl)c(N2CCN(Cc3cccnc3)CC2)cnn1-c1ccc(C(F)(F)F)cn1. The molecule has 0 atom stereocenters. The summed E-state index contributed by atoms with van der Waals surface area (Å²) in [4.78, 5) is 24.8. The smallest absolute Gasteiger partial charge is 0.366 e. The number of anilines is 1. The predicted octanol–water partition coefficient (Wildman–Crippen LogP) is 3.02. The average molecular weight is 451 g/mol. The van der Waals surface area contributed by atoms with Crippen LogP contribution in [0.4, 0.5) is 18.9 Å². The lowest BCUT2D eigenvalue weighted by atomic mass is 10.2. The van der Waals surface area contributed by atoms with Gasteiger partial charge in [-0.2, -0.15) is 23.0 Å². The largest absolute Gasteiger partial charge is 0.417 e. The van der Waals surface area contributed by atoms with Crippen LogP contribution in [-0.4, -0.2) is 50.8 Å². The van der Waals surface area contributed by atoms with Crippen LogP contribution in [0.2, 0.25) is 5.02 Å². The maximum atomic E-state index is 12.7. The fourth-order valence-corrected chi connectivity index (χ4v) is 3.63. The van der Waals surface area contributed by atoms with Crippen molar-refractivity contribution in [3.8, 4) is 5.82 Å². The van der Waals surface area contributed by atoms with Gasteiger partial charge in [-0.15, -0.1) is 0 Å². The summed E-state index contributed by atoms with van der Waals surface area (Å²) in [7, 11) is 0. The Kier molecular flexibility index (Phi) is 5.92. The molecule has 0 N–H and O–H groups in total. The molecule has 1 saturated heterocycles. The molecule has 1 fully saturated rings. The van der Waals surface area contributed by atoms with Crippen LogP contribution in [0.25, 0.3) is 5.82 Å². The summed E-state index contributed by atoms with van der Waals surface area (Å²) in [6.07, 6.45) is 1.16. The van der Waals surface area contributed by atoms with Crippen molar-refractivity contribution in [1.82, 2.24) is 24.6 Å². The molecule has 162 valence electrons. The van der Waals surface area contributed by atoms with Crippen LogP contribution in [0.1, 0.15) is 11.1 Å². The molecular weight excluding hydrogens is 433 g/mol. The maximum absolute atomic E-state index is 12.7. The van der Waals surface area contributed by atoms with Gasteiger partial charge in [0.15, 0.2) is 5.82 Å². The lowest BCUT2D eigenvalue weighted by molar-refractivity contribution is -0.137. The van der Waals surface area contributed by atoms with E-state index in [1.807, 2.05) is 23.2 Å². The molecule has 3 aromatic rings. The van der Waals surface area contributed by atoms with Gasteiger partial charge < -0.3 is 4.90 Å². The number of rotatable bonds is 4. The minimum atomic E-state index is -4.51. The highest BCUT2D eigenvalue weighted by Crippen LogP contribution is 2.29. The molecule has 31 heavy (non-hydrogen) atoms. The Morgan fingerprint density at radius 1 is 1.03 bits per heavy atom. The summed E-state index contributed by atoms with van der Waals surface area (Å²) in [5, 5.41) is 4.03. The zero-order chi connectivity index (χ0) is 22.0. The highest BCUT2D eigenvalue weighted by atomic mass is 35.5. The monoisotopic (exact) mass is 450 g/mol. The Labute approximate surface area is 180 Å². The van der Waals surface area contributed by atoms with Crippen LogP contribution in [0, 0.1) is 0 Å². The molecule has 0 unspecified atom stereocenters. The first-order valence-corrected chi connectivity index (χ1v) is 9.88. The van der Waals surface area contributed by atoms with Crippen molar-refractivity contribution in [2.24, 2.45) is 0 Å². The van der Waals surface area contributed by atoms with Crippen molar-refractivity contribution in [2.45, 2.75) is 12.7 Å². The molecule has 0 radical (unpaired) electrons. The lowest BCUT2D eigenvalue weighted by Crippen LogP contribution is -2.46. The molecular formula is C20H18ClF3N6O. The molecule has 4 rings (SSSR count). The average Bonchev–Trinajstić information content (AvgIpc) is 2.77. The molecule has 7 nitrogen and oxygen atoms in total. The summed E-state index contributed by atoms with van der Waals surface area (Å²) in [6, 6.07) is 5.86. The van der Waals surface area contributed by atoms with E-state index in [4.69, 9.17) is 11.6 Å². The lowest BCUT2D eigenvalue weighted by Gasteiger charge is -2.36. The van der Waals surface area contributed by atoms with E-state index in [1.165, 1.54) is 6.20 Å². The summed E-state index contributed by atoms with van der Waals surface area (Å²) < 4.78 is 39.0. The van der Waals surface area contributed by atoms with E-state index >= 15 is 0 Å². The number of hydrogen-bond acceptors (Lipinski definition) is 6. The number of alkyl halides is 3. The second-order valence-corrected chi connectivity index (χ2v) is 7.47. The van der Waals surface area contributed by atoms with Crippen molar-refractivity contribution in [1.29, 1.82) is 0 Å². The third-order valence-corrected chi connectivity index (χ3v) is 5.39. The van der Waals surface area contributed by atoms with Gasteiger partial charge >= 0.3 is 6.18 Å². The zero-order valence-corrected chi connectivity index (χ0v) is 17.0. The molecule has 0 amide bonds. The highest BCUT2D eigenvalue weighted by Gasteiger charge is 2.31. The van der Waals surface area contributed by atoms with Gasteiger partial charge in [-0.3, -0.25) is 14.7 Å². The van der Waals surface area contributed by atoms with Gasteiger partial charge in [-0.1, -0.05) is 17.7 Å². The minimum absolute atomic E-state index is 0.0345. The maximum Gasteiger partial charge on any atom is 0.417 e. The molecule has 11 heteroatoms. The van der Waals surface area contributed by atoms with Gasteiger partial charge in [0.25, 0.3) is 5.56 Å². The van der Waals surface area contributed by atoms with Crippen LogP contribution < -0.4 is 10.5 Å². The van der Waals surface area contributed by atoms with E-state index in [1.54, 1.807) is 6.20 Å². The fourth-order valence-electron chi connectivity index (χ4n) is 3.38. The van der Waals surface area contributed by atoms with Crippen molar-refractivity contribution in [3.63, 3.8) is 0 Å². The Morgan fingerprint density at radius 2 is 1.81 bits per heavy atom. The normalized spacial score (nSPS) is 15.3. The summed E-state index contributed by atoms with van der Waals surface area (Å²) >= 11 is 6.31. The third-order valence-electron chi connectivity index (χ3n) is 5.03. The molecule has 0 saturated carbocycles. The van der Waals surface area contributed by atoms with Crippen LogP contribution >= 0.6 is 11.6 Å². The molecule has 0 aliphatic carbocycles. The molecule has 4 heterocycles. The second kappa shape index (κ2) is 8.64. The van der Waals surface area contributed by atoms with E-state index in [9.17, 15) is 18.0 Å². The van der Waals surface area contributed by atoms with Crippen LogP contribution in [0.5, 0.6) is 0 Å². The van der Waals surface area contributed by atoms with Gasteiger partial charge in [-0.05, 0) is 23.8 Å². The minimum Gasteiger partial charge on any atom is -0.366 e. The van der Waals surface area contributed by atoms with Crippen LogP contribution in [0.15, 0.2) is 53.8 Å². The Balaban J connectivity index is 1.47. The zero-order valence-electron chi connectivity index (χ0n) is 16.3. The van der Waals surface area contributed by atoms with Crippen molar-refractivity contribution in [3.05, 3.63) is 75.6 Å². The Morgan fingerprint density at radius 3 is 2.42 bits per heavy atom. The van der Waals surface area contributed by atoms with Crippen molar-refractivity contribution < 1.29 is 13.2 Å². The van der Waals surface area contributed by atoms with Crippen LogP contribution in [-0.2, 0) is 12.7 Å². The van der Waals surface area contributed by atoms with Gasteiger partial charge in [0, 0.05) is 51.3 Å². The fraction of sp³-hybridized carbons (Fsp3) is 0.300. The topological polar surface area (TPSA) is 67.2 Å². The predicted molar refractivity (Wildman–Crippen MR) is 109 cm³/mol. The molecule has 0 bridgehead atoms. The number of halogens is 4. The summed E-state index contributed by atoms with van der Waals surface area (Å²) in [5.74, 6) is -0.0345. The van der Waals surface area contributed by atoms with Gasteiger partial charge in [0.1, 0.15) is 5.02 Å². The molecule has 0 spiro atoms.